The van der Waals surface area contributed by atoms with Crippen molar-refractivity contribution >= 4 is 21.4 Å². The second-order valence-corrected chi connectivity index (χ2v) is 6.69. The predicted octanol–water partition coefficient (Wildman–Crippen LogP) is 1.73. The lowest BCUT2D eigenvalue weighted by atomic mass is 10.1. The molecular weight excluding hydrogens is 288 g/mol. The van der Waals surface area contributed by atoms with Crippen molar-refractivity contribution in [2.45, 2.75) is 10.9 Å². The molecule has 0 aliphatic carbocycles. The Hall–Kier alpha value is -2.18. The predicted molar refractivity (Wildman–Crippen MR) is 81.6 cm³/mol. The molecule has 1 amide bonds. The highest BCUT2D eigenvalue weighted by atomic mass is 32.2. The van der Waals surface area contributed by atoms with Gasteiger partial charge < -0.3 is 11.1 Å². The van der Waals surface area contributed by atoms with Crippen molar-refractivity contribution in [2.75, 3.05) is 11.6 Å². The highest BCUT2D eigenvalue weighted by Crippen LogP contribution is 2.16. The zero-order chi connectivity index (χ0) is 15.5. The van der Waals surface area contributed by atoms with Crippen LogP contribution in [0.5, 0.6) is 0 Å². The van der Waals surface area contributed by atoms with Gasteiger partial charge in [0.2, 0.25) is 5.91 Å². The van der Waals surface area contributed by atoms with Crippen LogP contribution in [0, 0.1) is 0 Å². The lowest BCUT2D eigenvalue weighted by molar-refractivity contribution is -0.117. The van der Waals surface area contributed by atoms with Gasteiger partial charge in [0.15, 0.2) is 9.84 Å². The molecule has 0 unspecified atom stereocenters. The summed E-state index contributed by atoms with van der Waals surface area (Å²) in [5.41, 5.74) is 7.09. The van der Waals surface area contributed by atoms with Crippen molar-refractivity contribution in [3.8, 4) is 0 Å². The van der Waals surface area contributed by atoms with E-state index in [1.54, 1.807) is 12.1 Å². The first-order valence-corrected chi connectivity index (χ1v) is 8.18. The largest absolute Gasteiger partial charge is 0.324 e. The van der Waals surface area contributed by atoms with Crippen molar-refractivity contribution < 1.29 is 13.2 Å². The molecule has 0 saturated carbocycles. The summed E-state index contributed by atoms with van der Waals surface area (Å²) in [6.07, 6.45) is 1.13. The van der Waals surface area contributed by atoms with Gasteiger partial charge in [0.05, 0.1) is 4.90 Å². The number of hydrogen-bond acceptors (Lipinski definition) is 4. The molecule has 2 aromatic rings. The summed E-state index contributed by atoms with van der Waals surface area (Å²) in [7, 11) is -3.24. The molecule has 0 radical (unpaired) electrons. The molecule has 3 N–H and O–H groups in total. The molecule has 110 valence electrons. The van der Waals surface area contributed by atoms with Gasteiger partial charge in [-0.25, -0.2) is 8.42 Å². The number of hydrogen-bond donors (Lipinski definition) is 2. The highest BCUT2D eigenvalue weighted by molar-refractivity contribution is 7.90. The number of carbonyl (C=O) groups is 1. The maximum atomic E-state index is 12.0. The molecule has 0 fully saturated rings. The van der Waals surface area contributed by atoms with E-state index in [9.17, 15) is 13.2 Å². The Morgan fingerprint density at radius 1 is 1.05 bits per heavy atom. The molecule has 2 aromatic carbocycles. The van der Waals surface area contributed by atoms with E-state index in [2.05, 4.69) is 5.32 Å². The summed E-state index contributed by atoms with van der Waals surface area (Å²) < 4.78 is 22.7. The number of amides is 1. The number of carbonyl (C=O) groups excluding carboxylic acids is 1. The van der Waals surface area contributed by atoms with Gasteiger partial charge in [0.1, 0.15) is 6.04 Å². The maximum absolute atomic E-state index is 12.0. The Morgan fingerprint density at radius 2 is 1.62 bits per heavy atom. The average molecular weight is 304 g/mol. The minimum atomic E-state index is -3.24. The Morgan fingerprint density at radius 3 is 2.14 bits per heavy atom. The molecule has 0 aromatic heterocycles. The van der Waals surface area contributed by atoms with Crippen molar-refractivity contribution in [2.24, 2.45) is 5.73 Å². The van der Waals surface area contributed by atoms with Crippen molar-refractivity contribution in [3.63, 3.8) is 0 Å². The highest BCUT2D eigenvalue weighted by Gasteiger charge is 2.15. The van der Waals surface area contributed by atoms with E-state index in [-0.39, 0.29) is 10.8 Å². The Kier molecular flexibility index (Phi) is 4.40. The van der Waals surface area contributed by atoms with Crippen LogP contribution in [0.4, 0.5) is 5.69 Å². The van der Waals surface area contributed by atoms with Crippen LogP contribution < -0.4 is 11.1 Å². The van der Waals surface area contributed by atoms with Crippen LogP contribution in [0.1, 0.15) is 11.6 Å². The van der Waals surface area contributed by atoms with Gasteiger partial charge in [0.25, 0.3) is 0 Å². The molecule has 1 atom stereocenters. The molecule has 0 saturated heterocycles. The van der Waals surface area contributed by atoms with Crippen LogP contribution in [0.25, 0.3) is 0 Å². The van der Waals surface area contributed by atoms with Crippen molar-refractivity contribution in [1.82, 2.24) is 0 Å². The van der Waals surface area contributed by atoms with Gasteiger partial charge >= 0.3 is 0 Å². The van der Waals surface area contributed by atoms with E-state index in [0.29, 0.717) is 11.3 Å². The van der Waals surface area contributed by atoms with Gasteiger partial charge in [0, 0.05) is 11.9 Å². The van der Waals surface area contributed by atoms with E-state index in [0.717, 1.165) is 6.26 Å². The van der Waals surface area contributed by atoms with Crippen LogP contribution >= 0.6 is 0 Å². The van der Waals surface area contributed by atoms with E-state index in [1.165, 1.54) is 24.3 Å². The average Bonchev–Trinajstić information content (AvgIpc) is 2.47. The number of benzene rings is 2. The Labute approximate surface area is 123 Å². The standard InChI is InChI=1S/C15H16N2O3S/c1-21(19,20)13-9-7-12(8-10-13)17-15(18)14(16)11-5-3-2-4-6-11/h2-10,14H,16H2,1H3,(H,17,18)/t14-/m1/s1. The fraction of sp³-hybridized carbons (Fsp3) is 0.133. The fourth-order valence-electron chi connectivity index (χ4n) is 1.82. The van der Waals surface area contributed by atoms with Crippen LogP contribution in [0.15, 0.2) is 59.5 Å². The van der Waals surface area contributed by atoms with Crippen LogP contribution in [0.2, 0.25) is 0 Å². The number of sulfone groups is 1. The SMILES string of the molecule is CS(=O)(=O)c1ccc(NC(=O)[C@H](N)c2ccccc2)cc1. The van der Waals surface area contributed by atoms with E-state index >= 15 is 0 Å². The molecule has 21 heavy (non-hydrogen) atoms. The summed E-state index contributed by atoms with van der Waals surface area (Å²) in [4.78, 5) is 12.2. The first kappa shape index (κ1) is 15.2. The van der Waals surface area contributed by atoms with E-state index < -0.39 is 15.9 Å². The van der Waals surface area contributed by atoms with E-state index in [4.69, 9.17) is 5.73 Å². The first-order valence-electron chi connectivity index (χ1n) is 6.29. The van der Waals surface area contributed by atoms with Crippen LogP contribution in [-0.4, -0.2) is 20.6 Å². The number of rotatable bonds is 4. The third-order valence-electron chi connectivity index (χ3n) is 2.99. The molecular formula is C15H16N2O3S. The lowest BCUT2D eigenvalue weighted by Gasteiger charge is -2.12. The number of nitrogens with one attached hydrogen (secondary N) is 1. The minimum Gasteiger partial charge on any atom is -0.324 e. The third-order valence-corrected chi connectivity index (χ3v) is 4.12. The number of nitrogens with two attached hydrogens (primary N) is 1. The molecule has 2 rings (SSSR count). The molecule has 0 spiro atoms. The van der Waals surface area contributed by atoms with Crippen LogP contribution in [0.3, 0.4) is 0 Å². The molecule has 0 bridgehead atoms. The fourth-order valence-corrected chi connectivity index (χ4v) is 2.45. The second kappa shape index (κ2) is 6.07. The second-order valence-electron chi connectivity index (χ2n) is 4.67. The van der Waals surface area contributed by atoms with Gasteiger partial charge in [-0.15, -0.1) is 0 Å². The zero-order valence-corrected chi connectivity index (χ0v) is 12.3. The van der Waals surface area contributed by atoms with Gasteiger partial charge in [-0.3, -0.25) is 4.79 Å². The van der Waals surface area contributed by atoms with Gasteiger partial charge in [-0.05, 0) is 29.8 Å². The quantitative estimate of drug-likeness (QED) is 0.900. The van der Waals surface area contributed by atoms with Crippen LogP contribution in [-0.2, 0) is 14.6 Å². The summed E-state index contributed by atoms with van der Waals surface area (Å²) in [5, 5.41) is 2.66. The summed E-state index contributed by atoms with van der Waals surface area (Å²) >= 11 is 0. The summed E-state index contributed by atoms with van der Waals surface area (Å²) in [6.45, 7) is 0. The van der Waals surface area contributed by atoms with Gasteiger partial charge in [-0.1, -0.05) is 30.3 Å². The topological polar surface area (TPSA) is 89.3 Å². The minimum absolute atomic E-state index is 0.202. The number of anilines is 1. The summed E-state index contributed by atoms with van der Waals surface area (Å²) in [6, 6.07) is 14.2. The molecule has 0 aliphatic heterocycles. The summed E-state index contributed by atoms with van der Waals surface area (Å²) in [5.74, 6) is -0.353. The smallest absolute Gasteiger partial charge is 0.245 e. The molecule has 6 heteroatoms. The maximum Gasteiger partial charge on any atom is 0.245 e. The molecule has 0 heterocycles. The van der Waals surface area contributed by atoms with E-state index in [1.807, 2.05) is 18.2 Å². The Balaban J connectivity index is 2.10. The zero-order valence-electron chi connectivity index (χ0n) is 11.5. The van der Waals surface area contributed by atoms with Gasteiger partial charge in [-0.2, -0.15) is 0 Å². The normalized spacial score (nSPS) is 12.7. The first-order chi connectivity index (χ1) is 9.88. The monoisotopic (exact) mass is 304 g/mol. The third kappa shape index (κ3) is 3.90. The van der Waals surface area contributed by atoms with Crippen molar-refractivity contribution in [3.05, 3.63) is 60.2 Å². The lowest BCUT2D eigenvalue weighted by Crippen LogP contribution is -2.27. The molecule has 0 aliphatic rings. The van der Waals surface area contributed by atoms with Crippen molar-refractivity contribution in [1.29, 1.82) is 0 Å². The Bertz CT molecular complexity index is 725. The molecule has 5 nitrogen and oxygen atoms in total.